The summed E-state index contributed by atoms with van der Waals surface area (Å²) in [6.07, 6.45) is 8.02. The second-order valence-electron chi connectivity index (χ2n) is 7.05. The van der Waals surface area contributed by atoms with Gasteiger partial charge in [-0.1, -0.05) is 6.07 Å². The smallest absolute Gasteiger partial charge is 0.0902 e. The summed E-state index contributed by atoms with van der Waals surface area (Å²) in [5.41, 5.74) is 2.39. The molecule has 0 saturated carbocycles. The molecule has 0 N–H and O–H groups in total. The number of ether oxygens (including phenoxy) is 2. The molecule has 6 heteroatoms. The lowest BCUT2D eigenvalue weighted by Crippen LogP contribution is -2.37. The van der Waals surface area contributed by atoms with Gasteiger partial charge in [-0.3, -0.25) is 14.6 Å². The van der Waals surface area contributed by atoms with Crippen molar-refractivity contribution in [2.24, 2.45) is 5.92 Å². The minimum Gasteiger partial charge on any atom is -0.381 e. The van der Waals surface area contributed by atoms with Gasteiger partial charge in [-0.15, -0.1) is 0 Å². The first-order valence-electron chi connectivity index (χ1n) is 9.18. The molecule has 0 aliphatic carbocycles. The van der Waals surface area contributed by atoms with E-state index in [0.717, 1.165) is 63.7 Å². The molecule has 134 valence electrons. The zero-order chi connectivity index (χ0) is 16.9. The van der Waals surface area contributed by atoms with Gasteiger partial charge in [0.05, 0.1) is 24.9 Å². The first-order valence-corrected chi connectivity index (χ1v) is 9.18. The molecule has 2 aromatic rings. The van der Waals surface area contributed by atoms with E-state index in [2.05, 4.69) is 31.8 Å². The van der Waals surface area contributed by atoms with Gasteiger partial charge in [-0.2, -0.15) is 5.10 Å². The van der Waals surface area contributed by atoms with E-state index in [1.165, 1.54) is 5.69 Å². The van der Waals surface area contributed by atoms with Crippen molar-refractivity contribution in [3.8, 4) is 0 Å². The molecule has 25 heavy (non-hydrogen) atoms. The van der Waals surface area contributed by atoms with Gasteiger partial charge in [0.2, 0.25) is 0 Å². The Morgan fingerprint density at radius 3 is 2.92 bits per heavy atom. The van der Waals surface area contributed by atoms with Crippen LogP contribution in [-0.4, -0.2) is 52.1 Å². The van der Waals surface area contributed by atoms with E-state index < -0.39 is 0 Å². The molecule has 1 fully saturated rings. The first-order chi connectivity index (χ1) is 12.4. The van der Waals surface area contributed by atoms with Crippen molar-refractivity contribution in [1.29, 1.82) is 0 Å². The molecule has 2 aromatic heterocycles. The normalized spacial score (nSPS) is 22.5. The standard InChI is InChI=1S/C19H26N4O2/c1-2-17(10-20-6-1)15-25-19-13-22(11-16-4-8-24-9-5-16)12-18-3-7-21-23(18)14-19/h1-3,6-7,10,16,19H,4-5,8-9,11-15H2/t19-/m1/s1. The SMILES string of the molecule is c1cncc(CO[C@@H]2CN(CC3CCOCC3)Cc3ccnn3C2)c1. The van der Waals surface area contributed by atoms with E-state index in [9.17, 15) is 0 Å². The van der Waals surface area contributed by atoms with Gasteiger partial charge in [-0.05, 0) is 36.5 Å². The number of pyridine rings is 1. The molecule has 4 rings (SSSR count). The summed E-state index contributed by atoms with van der Waals surface area (Å²) in [6, 6.07) is 6.14. The van der Waals surface area contributed by atoms with Crippen LogP contribution in [0.2, 0.25) is 0 Å². The van der Waals surface area contributed by atoms with E-state index in [-0.39, 0.29) is 6.10 Å². The average Bonchev–Trinajstić information content (AvgIpc) is 3.01. The third kappa shape index (κ3) is 4.45. The number of nitrogens with zero attached hydrogens (tertiary/aromatic N) is 4. The Balaban J connectivity index is 1.41. The highest BCUT2D eigenvalue weighted by Gasteiger charge is 2.25. The Bertz CT molecular complexity index is 654. The minimum atomic E-state index is 0.140. The zero-order valence-corrected chi connectivity index (χ0v) is 14.6. The Morgan fingerprint density at radius 1 is 1.16 bits per heavy atom. The summed E-state index contributed by atoms with van der Waals surface area (Å²) in [5.74, 6) is 0.724. The molecule has 4 heterocycles. The van der Waals surface area contributed by atoms with Crippen molar-refractivity contribution in [2.75, 3.05) is 26.3 Å². The molecule has 1 atom stereocenters. The van der Waals surface area contributed by atoms with Gasteiger partial charge >= 0.3 is 0 Å². The molecule has 0 aromatic carbocycles. The molecule has 6 nitrogen and oxygen atoms in total. The zero-order valence-electron chi connectivity index (χ0n) is 14.6. The lowest BCUT2D eigenvalue weighted by molar-refractivity contribution is -0.00101. The summed E-state index contributed by atoms with van der Waals surface area (Å²) in [7, 11) is 0. The molecule has 2 aliphatic rings. The predicted octanol–water partition coefficient (Wildman–Crippen LogP) is 2.11. The molecule has 1 saturated heterocycles. The van der Waals surface area contributed by atoms with Crippen LogP contribution in [0, 0.1) is 5.92 Å². The van der Waals surface area contributed by atoms with Crippen LogP contribution in [-0.2, 0) is 29.2 Å². The van der Waals surface area contributed by atoms with E-state index in [0.29, 0.717) is 6.61 Å². The van der Waals surface area contributed by atoms with Gasteiger partial charge in [0.1, 0.15) is 0 Å². The highest BCUT2D eigenvalue weighted by Crippen LogP contribution is 2.20. The van der Waals surface area contributed by atoms with Crippen molar-refractivity contribution in [2.45, 2.75) is 38.6 Å². The van der Waals surface area contributed by atoms with Crippen molar-refractivity contribution >= 4 is 0 Å². The van der Waals surface area contributed by atoms with Gasteiger partial charge in [-0.25, -0.2) is 0 Å². The Morgan fingerprint density at radius 2 is 2.08 bits per heavy atom. The Labute approximate surface area is 148 Å². The summed E-state index contributed by atoms with van der Waals surface area (Å²) in [6.45, 7) is 6.22. The van der Waals surface area contributed by atoms with Gasteiger partial charge in [0, 0.05) is 51.4 Å². The topological polar surface area (TPSA) is 52.4 Å². The van der Waals surface area contributed by atoms with E-state index in [4.69, 9.17) is 9.47 Å². The Kier molecular flexibility index (Phi) is 5.40. The van der Waals surface area contributed by atoms with Crippen molar-refractivity contribution < 1.29 is 9.47 Å². The third-order valence-electron chi connectivity index (χ3n) is 5.09. The van der Waals surface area contributed by atoms with Crippen LogP contribution in [0.5, 0.6) is 0 Å². The number of rotatable bonds is 5. The van der Waals surface area contributed by atoms with Crippen LogP contribution < -0.4 is 0 Å². The fourth-order valence-electron chi connectivity index (χ4n) is 3.73. The lowest BCUT2D eigenvalue weighted by atomic mass is 9.99. The number of aromatic nitrogens is 3. The lowest BCUT2D eigenvalue weighted by Gasteiger charge is -2.30. The monoisotopic (exact) mass is 342 g/mol. The van der Waals surface area contributed by atoms with E-state index in [1.807, 2.05) is 18.5 Å². The summed E-state index contributed by atoms with van der Waals surface area (Å²) in [5, 5.41) is 4.48. The third-order valence-corrected chi connectivity index (χ3v) is 5.09. The highest BCUT2D eigenvalue weighted by molar-refractivity contribution is 5.07. The van der Waals surface area contributed by atoms with Crippen LogP contribution in [0.4, 0.5) is 0 Å². The molecule has 0 amide bonds. The van der Waals surface area contributed by atoms with Gasteiger partial charge in [0.25, 0.3) is 0 Å². The summed E-state index contributed by atoms with van der Waals surface area (Å²) in [4.78, 5) is 6.70. The quantitative estimate of drug-likeness (QED) is 0.833. The average molecular weight is 342 g/mol. The van der Waals surface area contributed by atoms with Crippen LogP contribution >= 0.6 is 0 Å². The fourth-order valence-corrected chi connectivity index (χ4v) is 3.73. The minimum absolute atomic E-state index is 0.140. The second kappa shape index (κ2) is 8.08. The maximum absolute atomic E-state index is 6.23. The van der Waals surface area contributed by atoms with Crippen LogP contribution in [0.1, 0.15) is 24.1 Å². The molecular weight excluding hydrogens is 316 g/mol. The summed E-state index contributed by atoms with van der Waals surface area (Å²) < 4.78 is 13.8. The number of hydrogen-bond acceptors (Lipinski definition) is 5. The van der Waals surface area contributed by atoms with Crippen molar-refractivity contribution in [3.63, 3.8) is 0 Å². The van der Waals surface area contributed by atoms with Gasteiger partial charge in [0.15, 0.2) is 0 Å². The predicted molar refractivity (Wildman–Crippen MR) is 93.9 cm³/mol. The first kappa shape index (κ1) is 16.7. The summed E-state index contributed by atoms with van der Waals surface area (Å²) >= 11 is 0. The van der Waals surface area contributed by atoms with Crippen molar-refractivity contribution in [3.05, 3.63) is 48.0 Å². The fraction of sp³-hybridized carbons (Fsp3) is 0.579. The van der Waals surface area contributed by atoms with E-state index >= 15 is 0 Å². The maximum Gasteiger partial charge on any atom is 0.0902 e. The molecule has 0 unspecified atom stereocenters. The van der Waals surface area contributed by atoms with Crippen LogP contribution in [0.3, 0.4) is 0 Å². The molecular formula is C19H26N4O2. The largest absolute Gasteiger partial charge is 0.381 e. The van der Waals surface area contributed by atoms with E-state index in [1.54, 1.807) is 6.20 Å². The molecule has 0 radical (unpaired) electrons. The number of hydrogen-bond donors (Lipinski definition) is 0. The maximum atomic E-state index is 6.23. The molecule has 0 bridgehead atoms. The van der Waals surface area contributed by atoms with Crippen LogP contribution in [0.15, 0.2) is 36.8 Å². The molecule has 0 spiro atoms. The van der Waals surface area contributed by atoms with Crippen molar-refractivity contribution in [1.82, 2.24) is 19.7 Å². The molecule has 2 aliphatic heterocycles. The van der Waals surface area contributed by atoms with Gasteiger partial charge < -0.3 is 9.47 Å². The highest BCUT2D eigenvalue weighted by atomic mass is 16.5. The Hall–Kier alpha value is -1.76. The number of fused-ring (bicyclic) bond motifs is 1. The van der Waals surface area contributed by atoms with Crippen LogP contribution in [0.25, 0.3) is 0 Å². The second-order valence-corrected chi connectivity index (χ2v) is 7.05.